The molecule has 1 aliphatic rings. The molecule has 0 spiro atoms. The Morgan fingerprint density at radius 3 is 2.95 bits per heavy atom. The SMILES string of the molecule is C[C@@H]1CNCCN1C(=O)c1cn2c(C(N)=O)cccc2n1. The van der Waals surface area contributed by atoms with E-state index in [1.54, 1.807) is 33.7 Å². The topological polar surface area (TPSA) is 92.7 Å². The third kappa shape index (κ3) is 2.36. The third-order valence-electron chi connectivity index (χ3n) is 3.73. The number of nitrogens with zero attached hydrogens (tertiary/aromatic N) is 3. The van der Waals surface area contributed by atoms with E-state index >= 15 is 0 Å². The van der Waals surface area contributed by atoms with Gasteiger partial charge in [0.1, 0.15) is 17.0 Å². The van der Waals surface area contributed by atoms with Crippen LogP contribution in [0.25, 0.3) is 5.65 Å². The summed E-state index contributed by atoms with van der Waals surface area (Å²) in [6, 6.07) is 5.17. The van der Waals surface area contributed by atoms with Gasteiger partial charge < -0.3 is 16.0 Å². The lowest BCUT2D eigenvalue weighted by Gasteiger charge is -2.33. The van der Waals surface area contributed by atoms with Crippen molar-refractivity contribution in [1.29, 1.82) is 0 Å². The van der Waals surface area contributed by atoms with Crippen molar-refractivity contribution in [3.63, 3.8) is 0 Å². The minimum Gasteiger partial charge on any atom is -0.364 e. The van der Waals surface area contributed by atoms with Crippen molar-refractivity contribution in [2.45, 2.75) is 13.0 Å². The summed E-state index contributed by atoms with van der Waals surface area (Å²) < 4.78 is 1.56. The van der Waals surface area contributed by atoms with Crippen molar-refractivity contribution in [2.24, 2.45) is 5.73 Å². The zero-order chi connectivity index (χ0) is 15.0. The van der Waals surface area contributed by atoms with Crippen LogP contribution in [0.5, 0.6) is 0 Å². The molecule has 7 heteroatoms. The molecule has 0 aromatic carbocycles. The van der Waals surface area contributed by atoms with Crippen LogP contribution in [0.3, 0.4) is 0 Å². The molecule has 0 saturated carbocycles. The van der Waals surface area contributed by atoms with Gasteiger partial charge in [0.05, 0.1) is 0 Å². The van der Waals surface area contributed by atoms with E-state index in [1.165, 1.54) is 0 Å². The van der Waals surface area contributed by atoms with E-state index in [2.05, 4.69) is 10.3 Å². The highest BCUT2D eigenvalue weighted by molar-refractivity contribution is 5.95. The van der Waals surface area contributed by atoms with Gasteiger partial charge in [-0.2, -0.15) is 0 Å². The zero-order valence-electron chi connectivity index (χ0n) is 11.7. The van der Waals surface area contributed by atoms with Gasteiger partial charge in [0.2, 0.25) is 0 Å². The second kappa shape index (κ2) is 5.17. The summed E-state index contributed by atoms with van der Waals surface area (Å²) in [5, 5.41) is 3.24. The normalized spacial score (nSPS) is 18.9. The fraction of sp³-hybridized carbons (Fsp3) is 0.357. The predicted octanol–water partition coefficient (Wildman–Crippen LogP) is -0.133. The molecule has 1 fully saturated rings. The third-order valence-corrected chi connectivity index (χ3v) is 3.73. The summed E-state index contributed by atoms with van der Waals surface area (Å²) in [5.41, 5.74) is 6.52. The Morgan fingerprint density at radius 2 is 2.24 bits per heavy atom. The number of carbonyl (C=O) groups excluding carboxylic acids is 2. The van der Waals surface area contributed by atoms with Crippen molar-refractivity contribution < 1.29 is 9.59 Å². The van der Waals surface area contributed by atoms with Crippen LogP contribution in [0.15, 0.2) is 24.4 Å². The summed E-state index contributed by atoms with van der Waals surface area (Å²) >= 11 is 0. The predicted molar refractivity (Wildman–Crippen MR) is 77.1 cm³/mol. The summed E-state index contributed by atoms with van der Waals surface area (Å²) in [4.78, 5) is 30.1. The highest BCUT2D eigenvalue weighted by atomic mass is 16.2. The van der Waals surface area contributed by atoms with E-state index in [9.17, 15) is 9.59 Å². The second-order valence-electron chi connectivity index (χ2n) is 5.18. The number of fused-ring (bicyclic) bond motifs is 1. The van der Waals surface area contributed by atoms with Crippen LogP contribution >= 0.6 is 0 Å². The Bertz CT molecular complexity index is 708. The van der Waals surface area contributed by atoms with Crippen molar-refractivity contribution in [1.82, 2.24) is 19.6 Å². The maximum atomic E-state index is 12.6. The number of hydrogen-bond acceptors (Lipinski definition) is 4. The number of aromatic nitrogens is 2. The summed E-state index contributed by atoms with van der Waals surface area (Å²) in [5.74, 6) is -0.671. The van der Waals surface area contributed by atoms with E-state index in [1.807, 2.05) is 6.92 Å². The Labute approximate surface area is 121 Å². The van der Waals surface area contributed by atoms with Gasteiger partial charge >= 0.3 is 0 Å². The van der Waals surface area contributed by atoms with Crippen molar-refractivity contribution >= 4 is 17.5 Å². The van der Waals surface area contributed by atoms with Gasteiger partial charge in [-0.15, -0.1) is 0 Å². The molecule has 3 heterocycles. The molecule has 110 valence electrons. The lowest BCUT2D eigenvalue weighted by Crippen LogP contribution is -2.52. The van der Waals surface area contributed by atoms with Crippen LogP contribution < -0.4 is 11.1 Å². The number of piperazine rings is 1. The van der Waals surface area contributed by atoms with E-state index in [-0.39, 0.29) is 11.9 Å². The zero-order valence-corrected chi connectivity index (χ0v) is 11.7. The van der Waals surface area contributed by atoms with Crippen LogP contribution in [0.2, 0.25) is 0 Å². The number of primary amides is 1. The molecular weight excluding hydrogens is 270 g/mol. The van der Waals surface area contributed by atoms with Crippen molar-refractivity contribution in [3.05, 3.63) is 35.8 Å². The Hall–Kier alpha value is -2.41. The molecule has 0 radical (unpaired) electrons. The fourth-order valence-electron chi connectivity index (χ4n) is 2.60. The van der Waals surface area contributed by atoms with E-state index in [0.29, 0.717) is 23.6 Å². The first kappa shape index (κ1) is 13.6. The maximum Gasteiger partial charge on any atom is 0.274 e. The van der Waals surface area contributed by atoms with Crippen LogP contribution in [-0.4, -0.2) is 51.8 Å². The van der Waals surface area contributed by atoms with Crippen molar-refractivity contribution in [2.75, 3.05) is 19.6 Å². The first-order valence-corrected chi connectivity index (χ1v) is 6.87. The summed E-state index contributed by atoms with van der Waals surface area (Å²) in [6.07, 6.45) is 1.58. The first-order valence-electron chi connectivity index (χ1n) is 6.87. The molecule has 0 bridgehead atoms. The van der Waals surface area contributed by atoms with Crippen LogP contribution in [0, 0.1) is 0 Å². The number of amides is 2. The highest BCUT2D eigenvalue weighted by Gasteiger charge is 2.26. The molecule has 3 rings (SSSR count). The second-order valence-corrected chi connectivity index (χ2v) is 5.18. The highest BCUT2D eigenvalue weighted by Crippen LogP contribution is 2.13. The number of pyridine rings is 1. The molecule has 2 aromatic heterocycles. The molecule has 1 saturated heterocycles. The van der Waals surface area contributed by atoms with E-state index in [4.69, 9.17) is 5.73 Å². The largest absolute Gasteiger partial charge is 0.364 e. The number of hydrogen-bond donors (Lipinski definition) is 2. The van der Waals surface area contributed by atoms with E-state index < -0.39 is 5.91 Å². The van der Waals surface area contributed by atoms with Gasteiger partial charge in [-0.05, 0) is 19.1 Å². The van der Waals surface area contributed by atoms with Gasteiger partial charge in [0.25, 0.3) is 11.8 Å². The number of nitrogens with one attached hydrogen (secondary N) is 1. The number of nitrogens with two attached hydrogens (primary N) is 1. The molecule has 1 atom stereocenters. The smallest absolute Gasteiger partial charge is 0.274 e. The fourth-order valence-corrected chi connectivity index (χ4v) is 2.60. The average molecular weight is 287 g/mol. The Morgan fingerprint density at radius 1 is 1.43 bits per heavy atom. The first-order chi connectivity index (χ1) is 10.1. The standard InChI is InChI=1S/C14H17N5O2/c1-9-7-16-5-6-18(9)14(21)10-8-19-11(13(15)20)3-2-4-12(19)17-10/h2-4,8-9,16H,5-7H2,1H3,(H2,15,20)/t9-/m1/s1. The molecule has 21 heavy (non-hydrogen) atoms. The minimum atomic E-state index is -0.549. The monoisotopic (exact) mass is 287 g/mol. The molecule has 3 N–H and O–H groups in total. The van der Waals surface area contributed by atoms with Gasteiger partial charge in [-0.1, -0.05) is 6.07 Å². The Balaban J connectivity index is 1.99. The molecule has 0 unspecified atom stereocenters. The van der Waals surface area contributed by atoms with Gasteiger partial charge in [0, 0.05) is 31.9 Å². The minimum absolute atomic E-state index is 0.117. The lowest BCUT2D eigenvalue weighted by molar-refractivity contribution is 0.0650. The summed E-state index contributed by atoms with van der Waals surface area (Å²) in [7, 11) is 0. The van der Waals surface area contributed by atoms with E-state index in [0.717, 1.165) is 13.1 Å². The molecular formula is C14H17N5O2. The Kier molecular flexibility index (Phi) is 3.34. The molecule has 1 aliphatic heterocycles. The maximum absolute atomic E-state index is 12.6. The average Bonchev–Trinajstić information content (AvgIpc) is 2.90. The number of rotatable bonds is 2. The van der Waals surface area contributed by atoms with Gasteiger partial charge in [0.15, 0.2) is 0 Å². The molecule has 2 aromatic rings. The van der Waals surface area contributed by atoms with Crippen LogP contribution in [0.4, 0.5) is 0 Å². The van der Waals surface area contributed by atoms with Crippen molar-refractivity contribution in [3.8, 4) is 0 Å². The molecule has 2 amide bonds. The van der Waals surface area contributed by atoms with Crippen LogP contribution in [0.1, 0.15) is 27.9 Å². The number of imidazole rings is 1. The number of carbonyl (C=O) groups is 2. The lowest BCUT2D eigenvalue weighted by atomic mass is 10.2. The van der Waals surface area contributed by atoms with Gasteiger partial charge in [-0.3, -0.25) is 14.0 Å². The quantitative estimate of drug-likeness (QED) is 0.804. The molecule has 7 nitrogen and oxygen atoms in total. The summed E-state index contributed by atoms with van der Waals surface area (Å²) in [6.45, 7) is 4.19. The van der Waals surface area contributed by atoms with Crippen LogP contribution in [-0.2, 0) is 0 Å². The molecule has 0 aliphatic carbocycles. The van der Waals surface area contributed by atoms with Gasteiger partial charge in [-0.25, -0.2) is 4.98 Å².